The number of hydrogen-bond donors (Lipinski definition) is 2. The molecule has 0 saturated heterocycles. The van der Waals surface area contributed by atoms with Crippen LogP contribution in [-0.4, -0.2) is 11.0 Å². The van der Waals surface area contributed by atoms with E-state index in [2.05, 4.69) is 5.32 Å². The van der Waals surface area contributed by atoms with E-state index < -0.39 is 0 Å². The van der Waals surface area contributed by atoms with Gasteiger partial charge in [0, 0.05) is 5.69 Å². The number of carbonyl (C=O) groups excluding carboxylic acids is 1. The Bertz CT molecular complexity index is 1140. The normalized spacial score (nSPS) is 10.4. The second kappa shape index (κ2) is 8.97. The van der Waals surface area contributed by atoms with Gasteiger partial charge in [-0.1, -0.05) is 72.8 Å². The average Bonchev–Trinajstić information content (AvgIpc) is 2.79. The van der Waals surface area contributed by atoms with E-state index in [0.29, 0.717) is 18.0 Å². The first kappa shape index (κ1) is 19.3. The third kappa shape index (κ3) is 4.67. The largest absolute Gasteiger partial charge is 0.508 e. The zero-order valence-corrected chi connectivity index (χ0v) is 16.3. The van der Waals surface area contributed by atoms with Gasteiger partial charge < -0.3 is 15.2 Å². The van der Waals surface area contributed by atoms with Gasteiger partial charge in [0.25, 0.3) is 5.91 Å². The van der Waals surface area contributed by atoms with Crippen LogP contribution < -0.4 is 10.1 Å². The Labute approximate surface area is 175 Å². The number of carbonyl (C=O) groups is 1. The molecule has 1 amide bonds. The first-order chi connectivity index (χ1) is 14.7. The number of hydrogen-bond acceptors (Lipinski definition) is 3. The SMILES string of the molecule is O=C(Nc1cccc(-c2ccccc2)c1)c1cc(O)ccc1OCc1ccccc1. The van der Waals surface area contributed by atoms with Crippen LogP contribution in [0.15, 0.2) is 103 Å². The summed E-state index contributed by atoms with van der Waals surface area (Å²) in [6.45, 7) is 0.329. The van der Waals surface area contributed by atoms with Gasteiger partial charge in [-0.05, 0) is 47.0 Å². The topological polar surface area (TPSA) is 58.6 Å². The molecule has 0 aliphatic heterocycles. The number of anilines is 1. The molecule has 0 radical (unpaired) electrons. The number of ether oxygens (including phenoxy) is 1. The molecule has 0 fully saturated rings. The molecule has 0 saturated carbocycles. The standard InChI is InChI=1S/C26H21NO3/c28-23-14-15-25(30-18-19-8-3-1-4-9-19)24(17-23)26(29)27-22-13-7-12-21(16-22)20-10-5-2-6-11-20/h1-17,28H,18H2,(H,27,29). The molecule has 0 spiro atoms. The third-order valence-electron chi connectivity index (χ3n) is 4.67. The predicted molar refractivity (Wildman–Crippen MR) is 119 cm³/mol. The number of phenolic OH excluding ortho intramolecular Hbond substituents is 1. The summed E-state index contributed by atoms with van der Waals surface area (Å²) in [5.41, 5.74) is 4.00. The minimum atomic E-state index is -0.348. The number of rotatable bonds is 6. The summed E-state index contributed by atoms with van der Waals surface area (Å²) in [5.74, 6) is 0.0674. The highest BCUT2D eigenvalue weighted by atomic mass is 16.5. The molecule has 0 unspecified atom stereocenters. The zero-order chi connectivity index (χ0) is 20.8. The van der Waals surface area contributed by atoms with Crippen LogP contribution >= 0.6 is 0 Å². The van der Waals surface area contributed by atoms with Crippen molar-refractivity contribution in [3.05, 3.63) is 114 Å². The van der Waals surface area contributed by atoms with Crippen molar-refractivity contribution in [3.63, 3.8) is 0 Å². The summed E-state index contributed by atoms with van der Waals surface area (Å²) in [5, 5.41) is 12.8. The molecule has 4 nitrogen and oxygen atoms in total. The van der Waals surface area contributed by atoms with E-state index in [9.17, 15) is 9.90 Å². The van der Waals surface area contributed by atoms with Crippen LogP contribution in [0, 0.1) is 0 Å². The van der Waals surface area contributed by atoms with Crippen molar-refractivity contribution >= 4 is 11.6 Å². The van der Waals surface area contributed by atoms with Crippen LogP contribution in [0.3, 0.4) is 0 Å². The fraction of sp³-hybridized carbons (Fsp3) is 0.0385. The van der Waals surface area contributed by atoms with Crippen LogP contribution in [0.25, 0.3) is 11.1 Å². The summed E-state index contributed by atoms with van der Waals surface area (Å²) in [6.07, 6.45) is 0. The summed E-state index contributed by atoms with van der Waals surface area (Å²) in [6, 6.07) is 31.8. The van der Waals surface area contributed by atoms with Crippen LogP contribution in [0.1, 0.15) is 15.9 Å². The second-order valence-corrected chi connectivity index (χ2v) is 6.86. The van der Waals surface area contributed by atoms with Crippen molar-refractivity contribution in [1.82, 2.24) is 0 Å². The first-order valence-corrected chi connectivity index (χ1v) is 9.65. The Balaban J connectivity index is 1.54. The van der Waals surface area contributed by atoms with Crippen LogP contribution in [0.2, 0.25) is 0 Å². The molecule has 0 heterocycles. The lowest BCUT2D eigenvalue weighted by Crippen LogP contribution is -2.13. The average molecular weight is 395 g/mol. The van der Waals surface area contributed by atoms with E-state index in [1.54, 1.807) is 6.07 Å². The second-order valence-electron chi connectivity index (χ2n) is 6.86. The smallest absolute Gasteiger partial charge is 0.259 e. The van der Waals surface area contributed by atoms with Gasteiger partial charge in [0.1, 0.15) is 18.1 Å². The van der Waals surface area contributed by atoms with Gasteiger partial charge in [0.2, 0.25) is 0 Å². The summed E-state index contributed by atoms with van der Waals surface area (Å²) >= 11 is 0. The minimum Gasteiger partial charge on any atom is -0.508 e. The van der Waals surface area contributed by atoms with Crippen LogP contribution in [0.4, 0.5) is 5.69 Å². The predicted octanol–water partition coefficient (Wildman–Crippen LogP) is 5.89. The summed E-state index contributed by atoms with van der Waals surface area (Å²) < 4.78 is 5.86. The number of nitrogens with one attached hydrogen (secondary N) is 1. The van der Waals surface area contributed by atoms with Crippen molar-refractivity contribution in [2.75, 3.05) is 5.32 Å². The molecule has 30 heavy (non-hydrogen) atoms. The number of amides is 1. The Kier molecular flexibility index (Phi) is 5.76. The monoisotopic (exact) mass is 395 g/mol. The highest BCUT2D eigenvalue weighted by molar-refractivity contribution is 6.06. The van der Waals surface area contributed by atoms with E-state index in [1.165, 1.54) is 12.1 Å². The lowest BCUT2D eigenvalue weighted by Gasteiger charge is -2.13. The fourth-order valence-electron chi connectivity index (χ4n) is 3.16. The Morgan fingerprint density at radius 2 is 1.47 bits per heavy atom. The maximum Gasteiger partial charge on any atom is 0.259 e. The molecule has 0 aliphatic carbocycles. The summed E-state index contributed by atoms with van der Waals surface area (Å²) in [7, 11) is 0. The number of phenols is 1. The maximum absolute atomic E-state index is 12.9. The number of aromatic hydroxyl groups is 1. The van der Waals surface area contributed by atoms with E-state index in [4.69, 9.17) is 4.74 Å². The van der Waals surface area contributed by atoms with Crippen molar-refractivity contribution in [2.24, 2.45) is 0 Å². The molecular formula is C26H21NO3. The van der Waals surface area contributed by atoms with Crippen molar-refractivity contribution in [2.45, 2.75) is 6.61 Å². The van der Waals surface area contributed by atoms with Gasteiger partial charge in [-0.15, -0.1) is 0 Å². The highest BCUT2D eigenvalue weighted by Gasteiger charge is 2.15. The van der Waals surface area contributed by atoms with E-state index in [0.717, 1.165) is 16.7 Å². The Morgan fingerprint density at radius 1 is 0.767 bits per heavy atom. The van der Waals surface area contributed by atoms with E-state index >= 15 is 0 Å². The molecule has 4 aromatic carbocycles. The van der Waals surface area contributed by atoms with E-state index in [1.807, 2.05) is 84.9 Å². The lowest BCUT2D eigenvalue weighted by atomic mass is 10.1. The van der Waals surface area contributed by atoms with Gasteiger partial charge in [0.05, 0.1) is 5.56 Å². The van der Waals surface area contributed by atoms with Gasteiger partial charge in [-0.25, -0.2) is 0 Å². The summed E-state index contributed by atoms with van der Waals surface area (Å²) in [4.78, 5) is 12.9. The minimum absolute atomic E-state index is 0.00486. The van der Waals surface area contributed by atoms with Gasteiger partial charge >= 0.3 is 0 Å². The van der Waals surface area contributed by atoms with Crippen molar-refractivity contribution < 1.29 is 14.6 Å². The lowest BCUT2D eigenvalue weighted by molar-refractivity contribution is 0.102. The molecule has 2 N–H and O–H groups in total. The van der Waals surface area contributed by atoms with Gasteiger partial charge in [0.15, 0.2) is 0 Å². The maximum atomic E-state index is 12.9. The molecular weight excluding hydrogens is 374 g/mol. The molecule has 148 valence electrons. The van der Waals surface area contributed by atoms with Crippen molar-refractivity contribution in [3.8, 4) is 22.6 Å². The molecule has 4 heteroatoms. The Hall–Kier alpha value is -4.05. The van der Waals surface area contributed by atoms with E-state index in [-0.39, 0.29) is 17.2 Å². The highest BCUT2D eigenvalue weighted by Crippen LogP contribution is 2.27. The zero-order valence-electron chi connectivity index (χ0n) is 16.3. The Morgan fingerprint density at radius 3 is 2.23 bits per heavy atom. The molecule has 0 bridgehead atoms. The molecule has 4 aromatic rings. The molecule has 0 aliphatic rings. The van der Waals surface area contributed by atoms with Gasteiger partial charge in [-0.2, -0.15) is 0 Å². The number of benzene rings is 4. The third-order valence-corrected chi connectivity index (χ3v) is 4.67. The molecule has 4 rings (SSSR count). The molecule has 0 atom stereocenters. The molecule has 0 aromatic heterocycles. The van der Waals surface area contributed by atoms with Crippen molar-refractivity contribution in [1.29, 1.82) is 0 Å². The van der Waals surface area contributed by atoms with Crippen LogP contribution in [0.5, 0.6) is 11.5 Å². The van der Waals surface area contributed by atoms with Crippen LogP contribution in [-0.2, 0) is 6.61 Å². The first-order valence-electron chi connectivity index (χ1n) is 9.65. The fourth-order valence-corrected chi connectivity index (χ4v) is 3.16. The quantitative estimate of drug-likeness (QED) is 0.428. The van der Waals surface area contributed by atoms with Gasteiger partial charge in [-0.3, -0.25) is 4.79 Å².